The number of rotatable bonds is 8. The van der Waals surface area contributed by atoms with Crippen molar-refractivity contribution in [3.05, 3.63) is 0 Å². The van der Waals surface area contributed by atoms with Gasteiger partial charge in [0.2, 0.25) is 0 Å². The van der Waals surface area contributed by atoms with Gasteiger partial charge in [0.05, 0.1) is 0 Å². The van der Waals surface area contributed by atoms with E-state index in [1.807, 2.05) is 25.9 Å². The molecule has 6 nitrogen and oxygen atoms in total. The van der Waals surface area contributed by atoms with Gasteiger partial charge in [-0.25, -0.2) is 9.59 Å². The zero-order valence-corrected chi connectivity index (χ0v) is 12.1. The molecule has 1 aliphatic carbocycles. The van der Waals surface area contributed by atoms with Crippen LogP contribution < -0.4 is 5.32 Å². The van der Waals surface area contributed by atoms with Crippen molar-refractivity contribution in [2.75, 3.05) is 33.7 Å². The Hall–Kier alpha value is -1.30. The third-order valence-electron chi connectivity index (χ3n) is 3.24. The van der Waals surface area contributed by atoms with Crippen LogP contribution >= 0.6 is 0 Å². The van der Waals surface area contributed by atoms with Crippen LogP contribution in [0.1, 0.15) is 26.2 Å². The second-order valence-electron chi connectivity index (χ2n) is 5.39. The molecule has 2 amide bonds. The highest BCUT2D eigenvalue weighted by molar-refractivity contribution is 5.83. The lowest BCUT2D eigenvalue weighted by atomic mass is 10.2. The maximum atomic E-state index is 12.1. The van der Waals surface area contributed by atoms with Gasteiger partial charge in [0, 0.05) is 19.6 Å². The summed E-state index contributed by atoms with van der Waals surface area (Å²) in [5.74, 6) is -0.821. The molecule has 0 aromatic carbocycles. The quantitative estimate of drug-likeness (QED) is 0.686. The van der Waals surface area contributed by atoms with Crippen LogP contribution in [0, 0.1) is 5.92 Å². The number of aliphatic carboxylic acids is 1. The summed E-state index contributed by atoms with van der Waals surface area (Å²) in [5, 5.41) is 11.8. The SMILES string of the molecule is CCCN(CCN(C)C)C(=O)NC(C(=O)O)C1CC1. The van der Waals surface area contributed by atoms with E-state index in [-0.39, 0.29) is 11.9 Å². The molecule has 0 aromatic heterocycles. The summed E-state index contributed by atoms with van der Waals surface area (Å²) in [4.78, 5) is 26.9. The lowest BCUT2D eigenvalue weighted by Gasteiger charge is -2.26. The summed E-state index contributed by atoms with van der Waals surface area (Å²) in [6.07, 6.45) is 2.65. The molecule has 0 aliphatic heterocycles. The summed E-state index contributed by atoms with van der Waals surface area (Å²) >= 11 is 0. The first-order chi connectivity index (χ1) is 8.95. The molecular formula is C13H25N3O3. The highest BCUT2D eigenvalue weighted by Gasteiger charge is 2.37. The van der Waals surface area contributed by atoms with E-state index in [1.165, 1.54) is 0 Å². The molecule has 1 atom stereocenters. The molecule has 110 valence electrons. The van der Waals surface area contributed by atoms with Crippen LogP contribution in [-0.2, 0) is 4.79 Å². The Balaban J connectivity index is 2.51. The Kier molecular flexibility index (Phi) is 6.08. The number of amides is 2. The zero-order valence-electron chi connectivity index (χ0n) is 12.1. The van der Waals surface area contributed by atoms with E-state index in [0.29, 0.717) is 13.1 Å². The molecule has 1 rings (SSSR count). The van der Waals surface area contributed by atoms with Gasteiger partial charge in [-0.15, -0.1) is 0 Å². The molecule has 1 unspecified atom stereocenters. The van der Waals surface area contributed by atoms with Crippen molar-refractivity contribution in [2.45, 2.75) is 32.2 Å². The van der Waals surface area contributed by atoms with Gasteiger partial charge in [0.25, 0.3) is 0 Å². The molecule has 0 radical (unpaired) electrons. The van der Waals surface area contributed by atoms with Crippen LogP contribution in [0.5, 0.6) is 0 Å². The first kappa shape index (κ1) is 15.8. The van der Waals surface area contributed by atoms with Gasteiger partial charge in [-0.05, 0) is 39.3 Å². The largest absolute Gasteiger partial charge is 0.480 e. The number of hydrogen-bond donors (Lipinski definition) is 2. The Morgan fingerprint density at radius 2 is 1.89 bits per heavy atom. The molecule has 1 aliphatic rings. The summed E-state index contributed by atoms with van der Waals surface area (Å²) in [6.45, 7) is 4.04. The minimum atomic E-state index is -0.931. The molecule has 0 heterocycles. The first-order valence-corrected chi connectivity index (χ1v) is 6.88. The maximum Gasteiger partial charge on any atom is 0.326 e. The molecule has 6 heteroatoms. The molecule has 19 heavy (non-hydrogen) atoms. The molecule has 0 bridgehead atoms. The average Bonchev–Trinajstić information content (AvgIpc) is 3.14. The molecule has 0 saturated heterocycles. The van der Waals surface area contributed by atoms with Crippen molar-refractivity contribution in [1.82, 2.24) is 15.1 Å². The van der Waals surface area contributed by atoms with Crippen molar-refractivity contribution >= 4 is 12.0 Å². The summed E-state index contributed by atoms with van der Waals surface area (Å²) < 4.78 is 0. The predicted molar refractivity (Wildman–Crippen MR) is 73.1 cm³/mol. The van der Waals surface area contributed by atoms with Crippen LogP contribution in [0.15, 0.2) is 0 Å². The molecule has 0 aromatic rings. The number of carboxylic acid groups (broad SMARTS) is 1. The third-order valence-corrected chi connectivity index (χ3v) is 3.24. The normalized spacial score (nSPS) is 16.2. The van der Waals surface area contributed by atoms with Crippen LogP contribution in [0.2, 0.25) is 0 Å². The fourth-order valence-electron chi connectivity index (χ4n) is 1.94. The number of nitrogens with zero attached hydrogens (tertiary/aromatic N) is 2. The van der Waals surface area contributed by atoms with E-state index in [4.69, 9.17) is 5.11 Å². The predicted octanol–water partition coefficient (Wildman–Crippen LogP) is 0.833. The summed E-state index contributed by atoms with van der Waals surface area (Å²) in [6, 6.07) is -0.991. The monoisotopic (exact) mass is 271 g/mol. The van der Waals surface area contributed by atoms with Gasteiger partial charge in [0.15, 0.2) is 0 Å². The lowest BCUT2D eigenvalue weighted by Crippen LogP contribution is -2.50. The van der Waals surface area contributed by atoms with Crippen LogP contribution in [-0.4, -0.2) is 66.7 Å². The van der Waals surface area contributed by atoms with Gasteiger partial charge < -0.3 is 20.2 Å². The molecule has 0 spiro atoms. The van der Waals surface area contributed by atoms with Gasteiger partial charge in [-0.1, -0.05) is 6.92 Å². The van der Waals surface area contributed by atoms with E-state index < -0.39 is 12.0 Å². The topological polar surface area (TPSA) is 72.9 Å². The van der Waals surface area contributed by atoms with Gasteiger partial charge in [-0.2, -0.15) is 0 Å². The van der Waals surface area contributed by atoms with Crippen LogP contribution in [0.4, 0.5) is 4.79 Å². The van der Waals surface area contributed by atoms with Crippen molar-refractivity contribution in [2.24, 2.45) is 5.92 Å². The third kappa shape index (κ3) is 5.46. The summed E-state index contributed by atoms with van der Waals surface area (Å²) in [5.41, 5.74) is 0. The van der Waals surface area contributed by atoms with Gasteiger partial charge in [-0.3, -0.25) is 0 Å². The van der Waals surface area contributed by atoms with E-state index in [2.05, 4.69) is 5.32 Å². The maximum absolute atomic E-state index is 12.1. The standard InChI is InChI=1S/C13H25N3O3/c1-4-7-16(9-8-15(2)3)13(19)14-11(12(17)18)10-5-6-10/h10-11H,4-9H2,1-3H3,(H,14,19)(H,17,18). The van der Waals surface area contributed by atoms with E-state index in [0.717, 1.165) is 25.8 Å². The van der Waals surface area contributed by atoms with Crippen molar-refractivity contribution in [1.29, 1.82) is 0 Å². The zero-order chi connectivity index (χ0) is 14.4. The van der Waals surface area contributed by atoms with Crippen molar-refractivity contribution in [3.8, 4) is 0 Å². The number of hydrogen-bond acceptors (Lipinski definition) is 3. The fraction of sp³-hybridized carbons (Fsp3) is 0.846. The minimum absolute atomic E-state index is 0.110. The Morgan fingerprint density at radius 3 is 2.32 bits per heavy atom. The van der Waals surface area contributed by atoms with Crippen molar-refractivity contribution < 1.29 is 14.7 Å². The van der Waals surface area contributed by atoms with Crippen LogP contribution in [0.3, 0.4) is 0 Å². The van der Waals surface area contributed by atoms with Gasteiger partial charge >= 0.3 is 12.0 Å². The number of carboxylic acids is 1. The minimum Gasteiger partial charge on any atom is -0.480 e. The Morgan fingerprint density at radius 1 is 1.26 bits per heavy atom. The summed E-state index contributed by atoms with van der Waals surface area (Å²) in [7, 11) is 3.90. The van der Waals surface area contributed by atoms with Crippen LogP contribution in [0.25, 0.3) is 0 Å². The van der Waals surface area contributed by atoms with E-state index in [9.17, 15) is 9.59 Å². The smallest absolute Gasteiger partial charge is 0.326 e. The Labute approximate surface area is 114 Å². The van der Waals surface area contributed by atoms with E-state index in [1.54, 1.807) is 4.90 Å². The second-order valence-corrected chi connectivity index (χ2v) is 5.39. The number of carbonyl (C=O) groups is 2. The average molecular weight is 271 g/mol. The molecule has 2 N–H and O–H groups in total. The first-order valence-electron chi connectivity index (χ1n) is 6.88. The number of urea groups is 1. The van der Waals surface area contributed by atoms with Gasteiger partial charge in [0.1, 0.15) is 6.04 Å². The number of carbonyl (C=O) groups excluding carboxylic acids is 1. The fourth-order valence-corrected chi connectivity index (χ4v) is 1.94. The van der Waals surface area contributed by atoms with E-state index >= 15 is 0 Å². The highest BCUT2D eigenvalue weighted by Crippen LogP contribution is 2.32. The highest BCUT2D eigenvalue weighted by atomic mass is 16.4. The number of nitrogens with one attached hydrogen (secondary N) is 1. The molecule has 1 fully saturated rings. The lowest BCUT2D eigenvalue weighted by molar-refractivity contribution is -0.139. The second kappa shape index (κ2) is 7.33. The molecule has 1 saturated carbocycles. The molecular weight excluding hydrogens is 246 g/mol. The number of likely N-dealkylation sites (N-methyl/N-ethyl adjacent to an activating group) is 1. The Bertz CT molecular complexity index is 316. The van der Waals surface area contributed by atoms with Crippen molar-refractivity contribution in [3.63, 3.8) is 0 Å².